The first-order valence-corrected chi connectivity index (χ1v) is 29.1. The fourth-order valence-corrected chi connectivity index (χ4v) is 11.9. The molecule has 0 aliphatic carbocycles. The molecule has 2 heterocycles. The lowest BCUT2D eigenvalue weighted by Crippen LogP contribution is -2.63. The molecule has 5 aromatic rings. The molecular weight excluding hydrogens is 1090 g/mol. The lowest BCUT2D eigenvalue weighted by molar-refractivity contribution is -0.384. The minimum atomic E-state index is -1.53. The van der Waals surface area contributed by atoms with Crippen molar-refractivity contribution >= 4 is 85.5 Å². The van der Waals surface area contributed by atoms with Crippen molar-refractivity contribution in [3.63, 3.8) is 0 Å². The van der Waals surface area contributed by atoms with Crippen LogP contribution < -0.4 is 48.7 Å². The summed E-state index contributed by atoms with van der Waals surface area (Å²) in [7, 11) is 2.00. The van der Waals surface area contributed by atoms with E-state index in [1.807, 2.05) is 24.3 Å². The van der Waals surface area contributed by atoms with Crippen molar-refractivity contribution in [3.8, 4) is 5.75 Å². The van der Waals surface area contributed by atoms with Gasteiger partial charge in [0.15, 0.2) is 0 Å². The lowest BCUT2D eigenvalue weighted by Gasteiger charge is -2.35. The van der Waals surface area contributed by atoms with Crippen LogP contribution in [0.25, 0.3) is 10.9 Å². The number of rotatable bonds is 19. The number of carboxylic acids is 1. The van der Waals surface area contributed by atoms with Crippen molar-refractivity contribution in [1.82, 2.24) is 42.2 Å². The molecule has 23 nitrogen and oxygen atoms in total. The molecule has 1 saturated heterocycles. The van der Waals surface area contributed by atoms with Gasteiger partial charge in [-0.1, -0.05) is 108 Å². The Bertz CT molecular complexity index is 3050. The zero-order chi connectivity index (χ0) is 59.7. The normalized spacial score (nSPS) is 21.1. The second kappa shape index (κ2) is 29.6. The first kappa shape index (κ1) is 63.2. The molecule has 0 spiro atoms. The average molecular weight is 1170 g/mol. The van der Waals surface area contributed by atoms with E-state index in [0.717, 1.165) is 32.5 Å². The summed E-state index contributed by atoms with van der Waals surface area (Å²) in [4.78, 5) is 129. The summed E-state index contributed by atoms with van der Waals surface area (Å²) in [5.74, 6) is -8.19. The number of non-ortho nitro benzene ring substituents is 1. The number of phenols is 1. The van der Waals surface area contributed by atoms with E-state index in [2.05, 4.69) is 42.2 Å². The van der Waals surface area contributed by atoms with Gasteiger partial charge in [0.2, 0.25) is 41.4 Å². The molecule has 1 aliphatic rings. The lowest BCUT2D eigenvalue weighted by atomic mass is 9.98. The zero-order valence-electron chi connectivity index (χ0n) is 45.8. The number of aromatic hydroxyl groups is 1. The monoisotopic (exact) mass is 1170 g/mol. The first-order chi connectivity index (χ1) is 39.0. The molecule has 6 rings (SSSR count). The molecule has 7 amide bonds. The van der Waals surface area contributed by atoms with Crippen LogP contribution in [0.15, 0.2) is 109 Å². The van der Waals surface area contributed by atoms with Gasteiger partial charge in [-0.05, 0) is 92.4 Å². The van der Waals surface area contributed by atoms with Crippen LogP contribution in [-0.2, 0) is 64.0 Å². The first-order valence-electron chi connectivity index (χ1n) is 26.7. The predicted octanol–water partition coefficient (Wildman–Crippen LogP) is 2.82. The van der Waals surface area contributed by atoms with Gasteiger partial charge < -0.3 is 63.9 Å². The Labute approximate surface area is 482 Å². The highest BCUT2D eigenvalue weighted by molar-refractivity contribution is 8.77. The molecule has 0 bridgehead atoms. The van der Waals surface area contributed by atoms with Crippen LogP contribution in [0.5, 0.6) is 5.75 Å². The summed E-state index contributed by atoms with van der Waals surface area (Å²) < 4.78 is -1.38. The van der Waals surface area contributed by atoms with Crippen molar-refractivity contribution in [2.24, 2.45) is 17.4 Å². The smallest absolute Gasteiger partial charge is 0.326 e. The number of carbonyl (C=O) groups excluding carboxylic acids is 7. The molecule has 0 radical (unpaired) electrons. The summed E-state index contributed by atoms with van der Waals surface area (Å²) >= 11 is 0. The highest BCUT2D eigenvalue weighted by Gasteiger charge is 2.42. The summed E-state index contributed by atoms with van der Waals surface area (Å²) in [5.41, 5.74) is 15.1. The minimum Gasteiger partial charge on any atom is -0.508 e. The van der Waals surface area contributed by atoms with E-state index in [4.69, 9.17) is 11.5 Å². The maximum Gasteiger partial charge on any atom is 0.326 e. The number of fused-ring (bicyclic) bond motifs is 1. The molecule has 25 heteroatoms. The number of hydrogen-bond acceptors (Lipinski definition) is 15. The number of aromatic amines is 1. The molecule has 8 atom stereocenters. The molecule has 82 heavy (non-hydrogen) atoms. The van der Waals surface area contributed by atoms with E-state index in [1.54, 1.807) is 64.2 Å². The van der Waals surface area contributed by atoms with Crippen LogP contribution in [0.3, 0.4) is 0 Å². The summed E-state index contributed by atoms with van der Waals surface area (Å²) in [6.45, 7) is 6.63. The summed E-state index contributed by atoms with van der Waals surface area (Å²) in [5, 5.41) is 51.6. The van der Waals surface area contributed by atoms with Gasteiger partial charge in [-0.15, -0.1) is 0 Å². The van der Waals surface area contributed by atoms with Crippen molar-refractivity contribution in [1.29, 1.82) is 0 Å². The second-order valence-electron chi connectivity index (χ2n) is 20.9. The van der Waals surface area contributed by atoms with Gasteiger partial charge in [0.05, 0.1) is 11.0 Å². The third-order valence-corrected chi connectivity index (χ3v) is 17.1. The Morgan fingerprint density at radius 1 is 0.732 bits per heavy atom. The van der Waals surface area contributed by atoms with Crippen LogP contribution in [0, 0.1) is 16.0 Å². The summed E-state index contributed by atoms with van der Waals surface area (Å²) in [6.07, 6.45) is 1.96. The zero-order valence-corrected chi connectivity index (χ0v) is 47.5. The number of nitro groups is 1. The molecule has 1 aromatic heterocycles. The topological polar surface area (TPSA) is 372 Å². The Morgan fingerprint density at radius 3 is 1.89 bits per heavy atom. The van der Waals surface area contributed by atoms with Gasteiger partial charge in [-0.25, -0.2) is 4.79 Å². The van der Waals surface area contributed by atoms with E-state index < -0.39 is 111 Å². The Hall–Kier alpha value is -8.00. The molecule has 0 unspecified atom stereocenters. The van der Waals surface area contributed by atoms with Crippen LogP contribution in [0.1, 0.15) is 69.2 Å². The number of nitrogens with zero attached hydrogens (tertiary/aromatic N) is 1. The van der Waals surface area contributed by atoms with E-state index in [-0.39, 0.29) is 55.8 Å². The second-order valence-corrected chi connectivity index (χ2v) is 23.9. The molecule has 438 valence electrons. The van der Waals surface area contributed by atoms with Crippen LogP contribution in [0.4, 0.5) is 5.69 Å². The quantitative estimate of drug-likeness (QED) is 0.0245. The van der Waals surface area contributed by atoms with Crippen molar-refractivity contribution in [2.75, 3.05) is 12.3 Å². The Morgan fingerprint density at radius 2 is 1.28 bits per heavy atom. The highest BCUT2D eigenvalue weighted by Crippen LogP contribution is 2.39. The van der Waals surface area contributed by atoms with Crippen molar-refractivity contribution in [3.05, 3.63) is 142 Å². The number of nitrogens with one attached hydrogen (secondary N) is 8. The third-order valence-electron chi connectivity index (χ3n) is 13.8. The molecule has 1 fully saturated rings. The van der Waals surface area contributed by atoms with E-state index in [0.29, 0.717) is 35.1 Å². The number of carboxylic acid groups (broad SMARTS) is 1. The van der Waals surface area contributed by atoms with E-state index in [9.17, 15) is 49.1 Å². The number of H-pyrrole nitrogens is 1. The number of nitrogens with two attached hydrogens (primary N) is 2. The van der Waals surface area contributed by atoms with E-state index in [1.165, 1.54) is 48.5 Å². The predicted molar refractivity (Wildman–Crippen MR) is 312 cm³/mol. The number of carbonyl (C=O) groups is 8. The maximum atomic E-state index is 15.1. The number of unbranched alkanes of at least 4 members (excludes halogenated alkanes) is 1. The largest absolute Gasteiger partial charge is 0.508 e. The van der Waals surface area contributed by atoms with Crippen molar-refractivity contribution < 1.29 is 53.5 Å². The average Bonchev–Trinajstić information content (AvgIpc) is 3.94. The van der Waals surface area contributed by atoms with Gasteiger partial charge >= 0.3 is 5.97 Å². The third kappa shape index (κ3) is 18.0. The van der Waals surface area contributed by atoms with Gasteiger partial charge in [-0.3, -0.25) is 43.7 Å². The number of amides is 7. The van der Waals surface area contributed by atoms with Gasteiger partial charge in [-0.2, -0.15) is 0 Å². The Kier molecular flexibility index (Phi) is 22.8. The van der Waals surface area contributed by atoms with Gasteiger partial charge in [0.25, 0.3) is 5.69 Å². The molecule has 14 N–H and O–H groups in total. The number of aromatic nitrogens is 1. The number of benzene rings is 4. The highest BCUT2D eigenvalue weighted by atomic mass is 33.1. The van der Waals surface area contributed by atoms with Crippen LogP contribution >= 0.6 is 21.6 Å². The number of para-hydroxylation sites is 1. The van der Waals surface area contributed by atoms with Crippen LogP contribution in [-0.4, -0.2) is 133 Å². The SMILES string of the molecule is CC(C)[C@H](NC(=O)[C@@H]1CSSC(C)(C)[C@H](NC(=O)[C@@H](N)Cc2ccc([N+](=O)[O-])cc2)C(=O)N[C@@H](Cc2ccccc2)C(=O)N[C@@H](Cc2c[nH]c3ccccc23)C(=O)N[C@@H](CCCCN)C(=O)N[C@@H](Cc2ccc(O)cc2)C(=O)N1)C(=O)O. The van der Waals surface area contributed by atoms with Crippen molar-refractivity contribution in [2.45, 2.75) is 126 Å². The summed E-state index contributed by atoms with van der Waals surface area (Å²) in [6, 6.07) is 15.9. The van der Waals surface area contributed by atoms with Gasteiger partial charge in [0.1, 0.15) is 48.0 Å². The maximum absolute atomic E-state index is 15.1. The number of hydrogen-bond donors (Lipinski definition) is 12. The minimum absolute atomic E-state index is 0.0217. The number of nitro benzene ring substituents is 1. The van der Waals surface area contributed by atoms with Gasteiger partial charge in [0, 0.05) is 59.0 Å². The molecule has 1 aliphatic heterocycles. The molecular formula is C57H71N11O12S2. The van der Waals surface area contributed by atoms with Crippen LogP contribution in [0.2, 0.25) is 0 Å². The number of aliphatic carboxylic acids is 1. The standard InChI is InChI=1S/C57H71N11O12S2/c1-32(2)47(56(77)78)66-54(75)46-31-81-82-57(3,4)48(67-49(70)40(59)26-34-17-21-37(22-18-34)68(79)80)55(76)64-44(27-33-12-6-5-7-13-33)51(72)63-45(29-36-30-60-41-15-9-8-14-39(36)41)53(74)61-42(16-10-11-25-58)50(71)62-43(52(73)65-46)28-35-19-23-38(69)24-20-35/h5-9,12-15,17-24,30,32,40,42-48,60,69H,10-11,16,25-29,31,58-59H2,1-4H3,(H,61,74)(H,62,71)(H,63,72)(H,64,76)(H,65,73)(H,66,75)(H,67,70)(H,77,78)/t40-,42-,43-,44-,45-,46-,47-,48+/m0/s1. The number of phenolic OH excluding ortho intramolecular Hbond substituents is 1. The fraction of sp³-hybridized carbons (Fsp3) is 0.404. The molecule has 4 aromatic carbocycles. The fourth-order valence-electron chi connectivity index (χ4n) is 9.13. The van der Waals surface area contributed by atoms with E-state index >= 15 is 9.59 Å². The molecule has 0 saturated carbocycles. The Balaban J connectivity index is 1.46.